The summed E-state index contributed by atoms with van der Waals surface area (Å²) in [4.78, 5) is 8.96. The van der Waals surface area contributed by atoms with Gasteiger partial charge < -0.3 is 10.0 Å². The summed E-state index contributed by atoms with van der Waals surface area (Å²) in [6, 6.07) is 9.78. The Labute approximate surface area is 149 Å². The number of aromatic nitrogens is 1. The number of aryl methyl sites for hydroxylation is 2. The first-order valence-corrected chi connectivity index (χ1v) is 8.70. The van der Waals surface area contributed by atoms with Crippen LogP contribution in [-0.2, 0) is 6.54 Å². The maximum absolute atomic E-state index is 10.2. The number of pyridine rings is 1. The van der Waals surface area contributed by atoms with Crippen LogP contribution in [0.2, 0.25) is 0 Å². The number of hydrogen-bond acceptors (Lipinski definition) is 5. The standard InChI is InChI=1S/C20H24N4O/c1-15-11-18(19(25)12-16(15)2)14-23-7-4-8-24(10-9-23)20-17(13-21)5-3-6-22-20/h3,5-6,11-12,25H,4,7-10,14H2,1-2H3. The smallest absolute Gasteiger partial charge is 0.146 e. The number of benzene rings is 1. The van der Waals surface area contributed by atoms with Gasteiger partial charge in [-0.25, -0.2) is 4.98 Å². The lowest BCUT2D eigenvalue weighted by molar-refractivity contribution is 0.281. The molecule has 0 saturated carbocycles. The Balaban J connectivity index is 1.70. The van der Waals surface area contributed by atoms with Crippen LogP contribution in [0, 0.1) is 25.2 Å². The molecule has 0 aliphatic carbocycles. The van der Waals surface area contributed by atoms with E-state index >= 15 is 0 Å². The van der Waals surface area contributed by atoms with Crippen LogP contribution in [0.5, 0.6) is 5.75 Å². The summed E-state index contributed by atoms with van der Waals surface area (Å²) in [5.74, 6) is 1.15. The molecule has 2 heterocycles. The van der Waals surface area contributed by atoms with Crippen LogP contribution in [-0.4, -0.2) is 41.2 Å². The minimum atomic E-state index is 0.376. The molecule has 1 aromatic heterocycles. The summed E-state index contributed by atoms with van der Waals surface area (Å²) < 4.78 is 0. The first kappa shape index (κ1) is 17.2. The van der Waals surface area contributed by atoms with E-state index in [9.17, 15) is 10.4 Å². The van der Waals surface area contributed by atoms with E-state index in [1.54, 1.807) is 12.3 Å². The molecule has 0 unspecified atom stereocenters. The van der Waals surface area contributed by atoms with Crippen molar-refractivity contribution in [1.82, 2.24) is 9.88 Å². The fourth-order valence-corrected chi connectivity index (χ4v) is 3.31. The molecule has 5 heteroatoms. The van der Waals surface area contributed by atoms with Crippen LogP contribution in [0.1, 0.15) is 28.7 Å². The molecule has 130 valence electrons. The van der Waals surface area contributed by atoms with Crippen molar-refractivity contribution in [1.29, 1.82) is 5.26 Å². The van der Waals surface area contributed by atoms with E-state index < -0.39 is 0 Å². The molecule has 2 aromatic rings. The fraction of sp³-hybridized carbons (Fsp3) is 0.400. The highest BCUT2D eigenvalue weighted by Crippen LogP contribution is 2.24. The van der Waals surface area contributed by atoms with Crippen molar-refractivity contribution in [3.8, 4) is 11.8 Å². The number of rotatable bonds is 3. The van der Waals surface area contributed by atoms with E-state index in [0.29, 0.717) is 11.3 Å². The quantitative estimate of drug-likeness (QED) is 0.933. The number of aromatic hydroxyl groups is 1. The number of anilines is 1. The summed E-state index contributed by atoms with van der Waals surface area (Å²) in [5.41, 5.74) is 3.92. The second-order valence-electron chi connectivity index (χ2n) is 6.67. The molecule has 3 rings (SSSR count). The zero-order chi connectivity index (χ0) is 17.8. The van der Waals surface area contributed by atoms with Crippen LogP contribution in [0.3, 0.4) is 0 Å². The van der Waals surface area contributed by atoms with E-state index in [2.05, 4.69) is 33.8 Å². The molecule has 0 spiro atoms. The van der Waals surface area contributed by atoms with E-state index in [1.807, 2.05) is 19.1 Å². The van der Waals surface area contributed by atoms with Crippen molar-refractivity contribution >= 4 is 5.82 Å². The second kappa shape index (κ2) is 7.54. The molecular formula is C20H24N4O. The Morgan fingerprint density at radius 1 is 1.16 bits per heavy atom. The van der Waals surface area contributed by atoms with Gasteiger partial charge in [0, 0.05) is 44.5 Å². The Morgan fingerprint density at radius 2 is 1.96 bits per heavy atom. The largest absolute Gasteiger partial charge is 0.508 e. The Morgan fingerprint density at radius 3 is 2.76 bits per heavy atom. The highest BCUT2D eigenvalue weighted by molar-refractivity contribution is 5.53. The number of phenols is 1. The molecule has 5 nitrogen and oxygen atoms in total. The lowest BCUT2D eigenvalue weighted by Gasteiger charge is -2.23. The molecule has 1 aliphatic heterocycles. The Bertz CT molecular complexity index is 797. The first-order chi connectivity index (χ1) is 12.1. The third-order valence-electron chi connectivity index (χ3n) is 4.88. The van der Waals surface area contributed by atoms with Crippen LogP contribution in [0.4, 0.5) is 5.82 Å². The third-order valence-corrected chi connectivity index (χ3v) is 4.88. The summed E-state index contributed by atoms with van der Waals surface area (Å²) in [6.07, 6.45) is 2.75. The zero-order valence-corrected chi connectivity index (χ0v) is 14.9. The van der Waals surface area contributed by atoms with Gasteiger partial charge in [-0.2, -0.15) is 5.26 Å². The third kappa shape index (κ3) is 3.92. The summed E-state index contributed by atoms with van der Waals surface area (Å²) in [6.45, 7) is 8.41. The van der Waals surface area contributed by atoms with Crippen LogP contribution in [0.25, 0.3) is 0 Å². The van der Waals surface area contributed by atoms with E-state index in [-0.39, 0.29) is 0 Å². The monoisotopic (exact) mass is 336 g/mol. The molecule has 25 heavy (non-hydrogen) atoms. The van der Waals surface area contributed by atoms with E-state index in [1.165, 1.54) is 5.56 Å². The van der Waals surface area contributed by atoms with Crippen molar-refractivity contribution in [2.45, 2.75) is 26.8 Å². The lowest BCUT2D eigenvalue weighted by atomic mass is 10.0. The molecule has 0 radical (unpaired) electrons. The van der Waals surface area contributed by atoms with Crippen LogP contribution < -0.4 is 4.90 Å². The maximum atomic E-state index is 10.2. The Kier molecular flexibility index (Phi) is 5.20. The first-order valence-electron chi connectivity index (χ1n) is 8.70. The summed E-state index contributed by atoms with van der Waals surface area (Å²) >= 11 is 0. The van der Waals surface area contributed by atoms with Gasteiger partial charge >= 0.3 is 0 Å². The van der Waals surface area contributed by atoms with Crippen molar-refractivity contribution in [3.05, 3.63) is 52.7 Å². The van der Waals surface area contributed by atoms with Gasteiger partial charge in [0.2, 0.25) is 0 Å². The van der Waals surface area contributed by atoms with Gasteiger partial charge in [0.1, 0.15) is 17.6 Å². The van der Waals surface area contributed by atoms with Crippen molar-refractivity contribution in [2.24, 2.45) is 0 Å². The van der Waals surface area contributed by atoms with Crippen molar-refractivity contribution in [3.63, 3.8) is 0 Å². The molecule has 0 bridgehead atoms. The predicted molar refractivity (Wildman–Crippen MR) is 98.6 cm³/mol. The molecule has 1 saturated heterocycles. The highest BCUT2D eigenvalue weighted by Gasteiger charge is 2.19. The fourth-order valence-electron chi connectivity index (χ4n) is 3.31. The number of phenolic OH excluding ortho intramolecular Hbond substituents is 1. The van der Waals surface area contributed by atoms with Gasteiger partial charge in [0.05, 0.1) is 5.56 Å². The summed E-state index contributed by atoms with van der Waals surface area (Å²) in [7, 11) is 0. The number of hydrogen-bond donors (Lipinski definition) is 1. The van der Waals surface area contributed by atoms with Gasteiger partial charge in [-0.3, -0.25) is 4.90 Å². The average molecular weight is 336 g/mol. The van der Waals surface area contributed by atoms with E-state index in [0.717, 1.165) is 56.1 Å². The predicted octanol–water partition coefficient (Wildman–Crippen LogP) is 2.99. The average Bonchev–Trinajstić information content (AvgIpc) is 2.85. The molecule has 0 atom stereocenters. The Hall–Kier alpha value is -2.58. The van der Waals surface area contributed by atoms with Gasteiger partial charge in [-0.1, -0.05) is 6.07 Å². The van der Waals surface area contributed by atoms with Crippen molar-refractivity contribution < 1.29 is 5.11 Å². The van der Waals surface area contributed by atoms with Gasteiger partial charge in [-0.15, -0.1) is 0 Å². The molecule has 1 N–H and O–H groups in total. The second-order valence-corrected chi connectivity index (χ2v) is 6.67. The molecule has 1 fully saturated rings. The molecule has 1 aliphatic rings. The van der Waals surface area contributed by atoms with Crippen LogP contribution in [0.15, 0.2) is 30.5 Å². The topological polar surface area (TPSA) is 63.4 Å². The zero-order valence-electron chi connectivity index (χ0n) is 14.9. The molecule has 1 aromatic carbocycles. The van der Waals surface area contributed by atoms with Gasteiger partial charge in [-0.05, 0) is 49.6 Å². The number of nitriles is 1. The highest BCUT2D eigenvalue weighted by atomic mass is 16.3. The van der Waals surface area contributed by atoms with Crippen LogP contribution >= 0.6 is 0 Å². The van der Waals surface area contributed by atoms with Crippen molar-refractivity contribution in [2.75, 3.05) is 31.1 Å². The lowest BCUT2D eigenvalue weighted by Crippen LogP contribution is -2.31. The molecule has 0 amide bonds. The SMILES string of the molecule is Cc1cc(O)c(CN2CCCN(c3ncccc3C#N)CC2)cc1C. The number of nitrogens with zero attached hydrogens (tertiary/aromatic N) is 4. The minimum absolute atomic E-state index is 0.376. The summed E-state index contributed by atoms with van der Waals surface area (Å²) in [5, 5.41) is 19.5. The normalized spacial score (nSPS) is 15.6. The van der Waals surface area contributed by atoms with Gasteiger partial charge in [0.25, 0.3) is 0 Å². The maximum Gasteiger partial charge on any atom is 0.146 e. The molecular weight excluding hydrogens is 312 g/mol. The minimum Gasteiger partial charge on any atom is -0.508 e. The van der Waals surface area contributed by atoms with E-state index in [4.69, 9.17) is 0 Å². The van der Waals surface area contributed by atoms with Gasteiger partial charge in [0.15, 0.2) is 0 Å².